The van der Waals surface area contributed by atoms with E-state index in [0.717, 1.165) is 16.7 Å². The first-order valence-corrected chi connectivity index (χ1v) is 7.18. The van der Waals surface area contributed by atoms with Crippen molar-refractivity contribution in [1.82, 2.24) is 4.98 Å². The van der Waals surface area contributed by atoms with Crippen molar-refractivity contribution in [2.45, 2.75) is 6.61 Å². The van der Waals surface area contributed by atoms with E-state index < -0.39 is 5.97 Å². The molecule has 114 valence electrons. The number of hydrogen-bond acceptors (Lipinski definition) is 3. The molecule has 1 heterocycles. The topological polar surface area (TPSA) is 59.4 Å². The molecule has 0 aliphatic rings. The number of hydrogen-bond donors (Lipinski definition) is 1. The van der Waals surface area contributed by atoms with Crippen molar-refractivity contribution in [3.8, 4) is 16.9 Å². The maximum Gasteiger partial charge on any atom is 0.335 e. The second-order valence-corrected chi connectivity index (χ2v) is 5.03. The first-order valence-electron chi connectivity index (χ1n) is 7.18. The van der Waals surface area contributed by atoms with Crippen LogP contribution in [0.1, 0.15) is 15.9 Å². The highest BCUT2D eigenvalue weighted by atomic mass is 16.5. The molecule has 0 aliphatic heterocycles. The van der Waals surface area contributed by atoms with Crippen molar-refractivity contribution in [3.05, 3.63) is 84.2 Å². The lowest BCUT2D eigenvalue weighted by Gasteiger charge is -2.12. The van der Waals surface area contributed by atoms with E-state index in [4.69, 9.17) is 4.74 Å². The lowest BCUT2D eigenvalue weighted by Crippen LogP contribution is -2.01. The van der Waals surface area contributed by atoms with E-state index in [2.05, 4.69) is 4.98 Å². The van der Waals surface area contributed by atoms with Gasteiger partial charge in [0, 0.05) is 23.5 Å². The minimum absolute atomic E-state index is 0.195. The molecule has 0 fully saturated rings. The Labute approximate surface area is 134 Å². The summed E-state index contributed by atoms with van der Waals surface area (Å²) in [5.74, 6) is -0.450. The van der Waals surface area contributed by atoms with E-state index in [0.29, 0.717) is 12.4 Å². The molecule has 0 spiro atoms. The van der Waals surface area contributed by atoms with E-state index >= 15 is 0 Å². The summed E-state index contributed by atoms with van der Waals surface area (Å²) < 4.78 is 5.88. The zero-order chi connectivity index (χ0) is 16.1. The highest BCUT2D eigenvalue weighted by Gasteiger charge is 2.11. The summed E-state index contributed by atoms with van der Waals surface area (Å²) in [5.41, 5.74) is 2.91. The minimum atomic E-state index is -0.979. The summed E-state index contributed by atoms with van der Waals surface area (Å²) in [6, 6.07) is 18.4. The van der Waals surface area contributed by atoms with Crippen LogP contribution in [0, 0.1) is 0 Å². The number of ether oxygens (including phenoxy) is 1. The highest BCUT2D eigenvalue weighted by molar-refractivity contribution is 5.89. The predicted octanol–water partition coefficient (Wildman–Crippen LogP) is 4.03. The Morgan fingerprint density at radius 3 is 2.57 bits per heavy atom. The van der Waals surface area contributed by atoms with Crippen molar-refractivity contribution in [2.24, 2.45) is 0 Å². The number of carboxylic acid groups (broad SMARTS) is 1. The second-order valence-electron chi connectivity index (χ2n) is 5.03. The molecular weight excluding hydrogens is 290 g/mol. The van der Waals surface area contributed by atoms with E-state index in [-0.39, 0.29) is 5.56 Å². The number of pyridine rings is 1. The van der Waals surface area contributed by atoms with Crippen LogP contribution in [0.15, 0.2) is 73.1 Å². The zero-order valence-corrected chi connectivity index (χ0v) is 12.3. The van der Waals surface area contributed by atoms with Crippen LogP contribution >= 0.6 is 0 Å². The van der Waals surface area contributed by atoms with Gasteiger partial charge in [-0.1, -0.05) is 36.4 Å². The Bertz CT molecular complexity index is 801. The number of rotatable bonds is 5. The van der Waals surface area contributed by atoms with Crippen molar-refractivity contribution >= 4 is 5.97 Å². The Kier molecular flexibility index (Phi) is 4.34. The number of nitrogens with zero attached hydrogens (tertiary/aromatic N) is 1. The molecular formula is C19H15NO3. The molecule has 0 saturated heterocycles. The first-order chi connectivity index (χ1) is 11.2. The van der Waals surface area contributed by atoms with Gasteiger partial charge in [-0.3, -0.25) is 4.98 Å². The van der Waals surface area contributed by atoms with Crippen LogP contribution in [0.25, 0.3) is 11.1 Å². The molecule has 1 N–H and O–H groups in total. The van der Waals surface area contributed by atoms with Crippen molar-refractivity contribution in [1.29, 1.82) is 0 Å². The van der Waals surface area contributed by atoms with Crippen LogP contribution in [0.5, 0.6) is 5.75 Å². The van der Waals surface area contributed by atoms with E-state index in [1.807, 2.05) is 42.5 Å². The highest BCUT2D eigenvalue weighted by Crippen LogP contribution is 2.31. The first kappa shape index (κ1) is 14.8. The molecule has 23 heavy (non-hydrogen) atoms. The van der Waals surface area contributed by atoms with Crippen LogP contribution in [-0.4, -0.2) is 16.1 Å². The molecule has 0 saturated carbocycles. The second kappa shape index (κ2) is 6.75. The van der Waals surface area contributed by atoms with E-state index in [1.165, 1.54) is 0 Å². The molecule has 2 aromatic carbocycles. The third kappa shape index (κ3) is 3.55. The SMILES string of the molecule is O=C(O)c1ccc(-c2cccnc2)c(OCc2ccccc2)c1. The van der Waals surface area contributed by atoms with Gasteiger partial charge in [0.05, 0.1) is 5.56 Å². The van der Waals surface area contributed by atoms with Crippen LogP contribution < -0.4 is 4.74 Å². The number of aromatic carboxylic acids is 1. The third-order valence-corrected chi connectivity index (χ3v) is 3.44. The van der Waals surface area contributed by atoms with Gasteiger partial charge in [0.1, 0.15) is 12.4 Å². The summed E-state index contributed by atoms with van der Waals surface area (Å²) in [5, 5.41) is 9.19. The zero-order valence-electron chi connectivity index (χ0n) is 12.3. The summed E-state index contributed by atoms with van der Waals surface area (Å²) >= 11 is 0. The molecule has 0 radical (unpaired) electrons. The van der Waals surface area contributed by atoms with Crippen LogP contribution in [0.3, 0.4) is 0 Å². The van der Waals surface area contributed by atoms with Gasteiger partial charge in [-0.15, -0.1) is 0 Å². The van der Waals surface area contributed by atoms with Crippen LogP contribution in [-0.2, 0) is 6.61 Å². The molecule has 4 nitrogen and oxygen atoms in total. The third-order valence-electron chi connectivity index (χ3n) is 3.44. The predicted molar refractivity (Wildman–Crippen MR) is 87.4 cm³/mol. The van der Waals surface area contributed by atoms with Gasteiger partial charge in [-0.05, 0) is 29.8 Å². The Morgan fingerprint density at radius 1 is 1.04 bits per heavy atom. The van der Waals surface area contributed by atoms with Crippen LogP contribution in [0.2, 0.25) is 0 Å². The van der Waals surface area contributed by atoms with Crippen LogP contribution in [0.4, 0.5) is 0 Å². The average molecular weight is 305 g/mol. The fraction of sp³-hybridized carbons (Fsp3) is 0.0526. The monoisotopic (exact) mass is 305 g/mol. The largest absolute Gasteiger partial charge is 0.488 e. The lowest BCUT2D eigenvalue weighted by molar-refractivity contribution is 0.0696. The van der Waals surface area contributed by atoms with Gasteiger partial charge in [0.15, 0.2) is 0 Å². The van der Waals surface area contributed by atoms with E-state index in [1.54, 1.807) is 30.6 Å². The maximum absolute atomic E-state index is 11.2. The van der Waals surface area contributed by atoms with Crippen molar-refractivity contribution in [3.63, 3.8) is 0 Å². The molecule has 0 atom stereocenters. The maximum atomic E-state index is 11.2. The average Bonchev–Trinajstić information content (AvgIpc) is 2.61. The van der Waals surface area contributed by atoms with Crippen molar-refractivity contribution < 1.29 is 14.6 Å². The molecule has 0 amide bonds. The Morgan fingerprint density at radius 2 is 1.87 bits per heavy atom. The van der Waals surface area contributed by atoms with E-state index in [9.17, 15) is 9.90 Å². The van der Waals surface area contributed by atoms with Gasteiger partial charge in [0.25, 0.3) is 0 Å². The molecule has 3 rings (SSSR count). The normalized spacial score (nSPS) is 10.3. The number of carbonyl (C=O) groups is 1. The molecule has 1 aromatic heterocycles. The quantitative estimate of drug-likeness (QED) is 0.773. The minimum Gasteiger partial charge on any atom is -0.488 e. The standard InChI is InChI=1S/C19H15NO3/c21-19(22)15-8-9-17(16-7-4-10-20-12-16)18(11-15)23-13-14-5-2-1-3-6-14/h1-12H,13H2,(H,21,22). The summed E-state index contributed by atoms with van der Waals surface area (Å²) in [4.78, 5) is 15.3. The van der Waals surface area contributed by atoms with Gasteiger partial charge in [0.2, 0.25) is 0 Å². The molecule has 0 aliphatic carbocycles. The number of benzene rings is 2. The molecule has 4 heteroatoms. The number of carboxylic acids is 1. The summed E-state index contributed by atoms with van der Waals surface area (Å²) in [6.07, 6.45) is 3.42. The number of aromatic nitrogens is 1. The summed E-state index contributed by atoms with van der Waals surface area (Å²) in [7, 11) is 0. The van der Waals surface area contributed by atoms with Gasteiger partial charge in [-0.25, -0.2) is 4.79 Å². The molecule has 3 aromatic rings. The summed E-state index contributed by atoms with van der Waals surface area (Å²) in [6.45, 7) is 0.372. The fourth-order valence-electron chi connectivity index (χ4n) is 2.27. The molecule has 0 unspecified atom stereocenters. The van der Waals surface area contributed by atoms with Gasteiger partial charge < -0.3 is 9.84 Å². The fourth-order valence-corrected chi connectivity index (χ4v) is 2.27. The smallest absolute Gasteiger partial charge is 0.335 e. The van der Waals surface area contributed by atoms with Crippen molar-refractivity contribution in [2.75, 3.05) is 0 Å². The molecule has 0 bridgehead atoms. The Hall–Kier alpha value is -3.14. The van der Waals surface area contributed by atoms with Gasteiger partial charge >= 0.3 is 5.97 Å². The Balaban J connectivity index is 1.94. The van der Waals surface area contributed by atoms with Gasteiger partial charge in [-0.2, -0.15) is 0 Å². The lowest BCUT2D eigenvalue weighted by atomic mass is 10.0.